The number of esters is 2. The molecule has 23 heavy (non-hydrogen) atoms. The lowest BCUT2D eigenvalue weighted by Gasteiger charge is -2.16. The molecule has 5 heteroatoms. The Kier molecular flexibility index (Phi) is 5.55. The van der Waals surface area contributed by atoms with Crippen LogP contribution in [-0.2, 0) is 9.53 Å². The molecule has 0 aliphatic heterocycles. The molecule has 4 nitrogen and oxygen atoms in total. The molecule has 1 aliphatic rings. The number of benzene rings is 1. The van der Waals surface area contributed by atoms with E-state index in [1.54, 1.807) is 36.4 Å². The van der Waals surface area contributed by atoms with Gasteiger partial charge in [-0.25, -0.2) is 4.79 Å². The fraction of sp³-hybridized carbons (Fsp3) is 0.222. The second-order valence-electron chi connectivity index (χ2n) is 5.38. The van der Waals surface area contributed by atoms with E-state index in [0.29, 0.717) is 5.76 Å². The Labute approximate surface area is 143 Å². The summed E-state index contributed by atoms with van der Waals surface area (Å²) in [6, 6.07) is 6.48. The molecule has 0 aromatic heterocycles. The maximum atomic E-state index is 12.3. The smallest absolute Gasteiger partial charge is 0.347 e. The average molecular weight is 377 g/mol. The maximum Gasteiger partial charge on any atom is 0.347 e. The number of ether oxygens (including phenoxy) is 2. The molecule has 2 rings (SSSR count). The van der Waals surface area contributed by atoms with Crippen molar-refractivity contribution in [3.63, 3.8) is 0 Å². The van der Waals surface area contributed by atoms with E-state index in [9.17, 15) is 9.59 Å². The predicted octanol–water partition coefficient (Wildman–Crippen LogP) is 4.18. The number of hydrogen-bond acceptors (Lipinski definition) is 4. The first-order valence-electron chi connectivity index (χ1n) is 7.08. The van der Waals surface area contributed by atoms with Crippen LogP contribution in [0.15, 0.2) is 60.4 Å². The number of rotatable bonds is 4. The molecule has 0 amide bonds. The van der Waals surface area contributed by atoms with Crippen LogP contribution >= 0.6 is 15.9 Å². The van der Waals surface area contributed by atoms with E-state index in [-0.39, 0.29) is 16.7 Å². The van der Waals surface area contributed by atoms with Gasteiger partial charge in [0.05, 0.1) is 0 Å². The van der Waals surface area contributed by atoms with Gasteiger partial charge in [0.15, 0.2) is 0 Å². The van der Waals surface area contributed by atoms with Gasteiger partial charge >= 0.3 is 11.9 Å². The summed E-state index contributed by atoms with van der Waals surface area (Å²) in [4.78, 5) is 23.5. The van der Waals surface area contributed by atoms with Gasteiger partial charge in [-0.05, 0) is 24.3 Å². The zero-order valence-electron chi connectivity index (χ0n) is 12.9. The third-order valence-corrected chi connectivity index (χ3v) is 4.43. The summed E-state index contributed by atoms with van der Waals surface area (Å²) < 4.78 is 10.4. The molecular formula is C18H17BrO4. The van der Waals surface area contributed by atoms with Crippen molar-refractivity contribution in [1.29, 1.82) is 0 Å². The number of alkyl halides is 1. The zero-order valence-corrected chi connectivity index (χ0v) is 14.5. The number of para-hydroxylation sites is 1. The van der Waals surface area contributed by atoms with E-state index in [0.717, 1.165) is 5.33 Å². The number of halogens is 1. The Bertz CT molecular complexity index is 703. The summed E-state index contributed by atoms with van der Waals surface area (Å²) in [7, 11) is 0. The van der Waals surface area contributed by atoms with Crippen molar-refractivity contribution in [3.05, 3.63) is 66.0 Å². The third kappa shape index (κ3) is 4.66. The summed E-state index contributed by atoms with van der Waals surface area (Å²) in [6.07, 6.45) is 9.31. The first-order valence-corrected chi connectivity index (χ1v) is 8.20. The molecule has 1 aromatic rings. The van der Waals surface area contributed by atoms with Gasteiger partial charge in [-0.2, -0.15) is 0 Å². The van der Waals surface area contributed by atoms with Crippen LogP contribution in [0.3, 0.4) is 0 Å². The van der Waals surface area contributed by atoms with Gasteiger partial charge in [0.25, 0.3) is 0 Å². The number of hydrogen-bond donors (Lipinski definition) is 0. The van der Waals surface area contributed by atoms with E-state index in [1.165, 1.54) is 6.92 Å². The second-order valence-corrected chi connectivity index (χ2v) is 5.94. The molecule has 0 saturated heterocycles. The highest BCUT2D eigenvalue weighted by Crippen LogP contribution is 2.27. The van der Waals surface area contributed by atoms with Crippen molar-refractivity contribution in [3.8, 4) is 5.75 Å². The van der Waals surface area contributed by atoms with Crippen LogP contribution < -0.4 is 4.74 Å². The molecule has 0 radical (unpaired) electrons. The van der Waals surface area contributed by atoms with Gasteiger partial charge in [-0.15, -0.1) is 0 Å². The fourth-order valence-electron chi connectivity index (χ4n) is 1.94. The summed E-state index contributed by atoms with van der Waals surface area (Å²) in [6.45, 7) is 3.34. The lowest BCUT2D eigenvalue weighted by atomic mass is 9.93. The molecule has 0 bridgehead atoms. The molecule has 1 unspecified atom stereocenters. The molecule has 0 spiro atoms. The highest BCUT2D eigenvalue weighted by molar-refractivity contribution is 9.09. The van der Waals surface area contributed by atoms with Crippen LogP contribution in [0, 0.1) is 5.41 Å². The van der Waals surface area contributed by atoms with E-state index < -0.39 is 11.9 Å². The summed E-state index contributed by atoms with van der Waals surface area (Å²) in [5.74, 6) is -0.457. The molecule has 120 valence electrons. The van der Waals surface area contributed by atoms with Crippen LogP contribution in [0.5, 0.6) is 5.75 Å². The first kappa shape index (κ1) is 17.2. The molecule has 1 aromatic carbocycles. The number of carbonyl (C=O) groups is 2. The predicted molar refractivity (Wildman–Crippen MR) is 91.4 cm³/mol. The number of allylic oxidation sites excluding steroid dienone is 5. The third-order valence-electron chi connectivity index (χ3n) is 3.22. The SMILES string of the molecule is CC(=O)Oc1ccccc1C(=O)OC1=CC=CC(C)(CBr)C=C1. The van der Waals surface area contributed by atoms with Crippen LogP contribution in [0.4, 0.5) is 0 Å². The van der Waals surface area contributed by atoms with Crippen molar-refractivity contribution in [2.45, 2.75) is 13.8 Å². The van der Waals surface area contributed by atoms with Crippen LogP contribution in [0.25, 0.3) is 0 Å². The molecule has 0 fully saturated rings. The fourth-order valence-corrected chi connectivity index (χ4v) is 2.32. The monoisotopic (exact) mass is 376 g/mol. The Balaban J connectivity index is 2.18. The topological polar surface area (TPSA) is 52.6 Å². The van der Waals surface area contributed by atoms with Crippen LogP contribution in [-0.4, -0.2) is 17.3 Å². The Morgan fingerprint density at radius 1 is 1.17 bits per heavy atom. The van der Waals surface area contributed by atoms with E-state index in [1.807, 2.05) is 18.2 Å². The minimum absolute atomic E-state index is 0.139. The number of carbonyl (C=O) groups excluding carboxylic acids is 2. The molecular weight excluding hydrogens is 360 g/mol. The van der Waals surface area contributed by atoms with Crippen LogP contribution in [0.1, 0.15) is 24.2 Å². The molecule has 0 saturated carbocycles. The standard InChI is InChI=1S/C18H17BrO4/c1-13(20)22-16-8-4-3-7-15(16)17(21)23-14-6-5-10-18(2,12-19)11-9-14/h3-11H,12H2,1-2H3. The van der Waals surface area contributed by atoms with Crippen molar-refractivity contribution < 1.29 is 19.1 Å². The summed E-state index contributed by atoms with van der Waals surface area (Å²) >= 11 is 3.46. The van der Waals surface area contributed by atoms with Crippen molar-refractivity contribution >= 4 is 27.9 Å². The van der Waals surface area contributed by atoms with Gasteiger partial charge in [0, 0.05) is 17.7 Å². The van der Waals surface area contributed by atoms with Crippen LogP contribution in [0.2, 0.25) is 0 Å². The Morgan fingerprint density at radius 2 is 1.91 bits per heavy atom. The highest BCUT2D eigenvalue weighted by atomic mass is 79.9. The average Bonchev–Trinajstić information content (AvgIpc) is 2.70. The quantitative estimate of drug-likeness (QED) is 0.449. The summed E-state index contributed by atoms with van der Waals surface area (Å²) in [5.41, 5.74) is 0.0637. The maximum absolute atomic E-state index is 12.3. The molecule has 1 aliphatic carbocycles. The normalized spacial score (nSPS) is 19.7. The molecule has 0 N–H and O–H groups in total. The van der Waals surface area contributed by atoms with Gasteiger partial charge in [0.1, 0.15) is 17.1 Å². The lowest BCUT2D eigenvalue weighted by Crippen LogP contribution is -2.11. The minimum Gasteiger partial charge on any atom is -0.426 e. The highest BCUT2D eigenvalue weighted by Gasteiger charge is 2.19. The molecule has 0 heterocycles. The minimum atomic E-state index is -0.575. The van der Waals surface area contributed by atoms with Crippen molar-refractivity contribution in [1.82, 2.24) is 0 Å². The summed E-state index contributed by atoms with van der Waals surface area (Å²) in [5, 5.41) is 0.761. The molecule has 1 atom stereocenters. The van der Waals surface area contributed by atoms with Crippen molar-refractivity contribution in [2.75, 3.05) is 5.33 Å². The Morgan fingerprint density at radius 3 is 2.61 bits per heavy atom. The second kappa shape index (κ2) is 7.42. The first-order chi connectivity index (χ1) is 10.9. The van der Waals surface area contributed by atoms with Gasteiger partial charge in [0.2, 0.25) is 0 Å². The van der Waals surface area contributed by atoms with Gasteiger partial charge < -0.3 is 9.47 Å². The van der Waals surface area contributed by atoms with Gasteiger partial charge in [-0.3, -0.25) is 4.79 Å². The van der Waals surface area contributed by atoms with E-state index >= 15 is 0 Å². The largest absolute Gasteiger partial charge is 0.426 e. The van der Waals surface area contributed by atoms with E-state index in [4.69, 9.17) is 9.47 Å². The van der Waals surface area contributed by atoms with Gasteiger partial charge in [-0.1, -0.05) is 53.2 Å². The lowest BCUT2D eigenvalue weighted by molar-refractivity contribution is -0.131. The zero-order chi connectivity index (χ0) is 16.9. The Hall–Kier alpha value is -2.14. The van der Waals surface area contributed by atoms with E-state index in [2.05, 4.69) is 22.9 Å². The van der Waals surface area contributed by atoms with Crippen molar-refractivity contribution in [2.24, 2.45) is 5.41 Å².